The largest absolute Gasteiger partial charge is 0.450 e. The molecule has 27 nitrogen and oxygen atoms in total. The summed E-state index contributed by atoms with van der Waals surface area (Å²) in [4.78, 5) is 144. The van der Waals surface area contributed by atoms with E-state index in [1.807, 2.05) is 20.8 Å². The quantitative estimate of drug-likeness (QED) is 0.0455. The van der Waals surface area contributed by atoms with Gasteiger partial charge in [-0.15, -0.1) is 34.0 Å². The van der Waals surface area contributed by atoms with Crippen molar-refractivity contribution in [3.63, 3.8) is 0 Å². The number of fused-ring (bicyclic) bond motifs is 3. The van der Waals surface area contributed by atoms with Crippen LogP contribution in [0.2, 0.25) is 25.7 Å². The van der Waals surface area contributed by atoms with Gasteiger partial charge in [0.25, 0.3) is 17.7 Å². The van der Waals surface area contributed by atoms with Gasteiger partial charge in [-0.2, -0.15) is 0 Å². The van der Waals surface area contributed by atoms with Gasteiger partial charge in [-0.25, -0.2) is 29.3 Å². The molecule has 104 heavy (non-hydrogen) atoms. The number of carbonyl (C=O) groups excluding carboxylic acids is 9. The van der Waals surface area contributed by atoms with Gasteiger partial charge in [0.15, 0.2) is 15.0 Å². The van der Waals surface area contributed by atoms with Crippen LogP contribution in [0.15, 0.2) is 0 Å². The van der Waals surface area contributed by atoms with Gasteiger partial charge in [0.2, 0.25) is 17.7 Å². The first-order chi connectivity index (χ1) is 49.0. The summed E-state index contributed by atoms with van der Waals surface area (Å²) in [5.41, 5.74) is 1.99. The number of alkyl carbamates (subject to hydrolysis) is 3. The Hall–Kier alpha value is -6.38. The van der Waals surface area contributed by atoms with Crippen LogP contribution in [0.5, 0.6) is 0 Å². The maximum absolute atomic E-state index is 13.2. The van der Waals surface area contributed by atoms with E-state index in [-0.39, 0.29) is 89.4 Å². The Labute approximate surface area is 628 Å². The SMILES string of the molecule is CCCCC(C)(C)OC(=O)N[C@H]1CC[C@H](C(=O)N(C)C)C[C@H]1NC(=O)c1nc2c(s1)CN(C)CC2.CN1CCc2nc(C(=O)N[C@@H]3C[C@@H](C(=O)N(C)C)CC[C@@H]3NC(=O)OC3(C)CCCCC3)sc2C1.CN1CCc2nc(C(=O)N[C@@H]3C[C@@H](C(=O)N(C)C)CC[C@@H]3NC(=O)OCC[Si](C)(C)C)sc2C1. The highest BCUT2D eigenvalue weighted by Crippen LogP contribution is 2.35. The molecule has 3 aliphatic heterocycles. The molecule has 4 saturated carbocycles. The molecular formula is C73H119N15O12S3Si. The molecule has 9 amide bonds. The monoisotopic (exact) mass is 1520 g/mol. The zero-order valence-electron chi connectivity index (χ0n) is 64.6. The number of amides is 9. The summed E-state index contributed by atoms with van der Waals surface area (Å²) in [6.45, 7) is 20.2. The van der Waals surface area contributed by atoms with E-state index in [2.05, 4.69) is 109 Å². The Bertz CT molecular complexity index is 3460. The first-order valence-corrected chi connectivity index (χ1v) is 43.7. The standard InChI is InChI=1S/C25H39N5O4S.C25H41N5O4S.C23H39N5O4SSi/c1-25(11-6-5-7-12-25)34-24(33)28-17-9-8-16(23(32)29(2)3)14-19(17)26-21(31)22-27-18-10-13-30(4)15-20(18)35-22;1-7-8-12-25(2,3)34-24(33)28-17-10-9-16(23(32)29(4)5)14-19(17)26-21(31)22-27-18-11-13-30(6)15-20(18)35-22;1-27(2)22(30)15-7-8-16(26-23(31)32-11-12-34(4,5)6)18(13-15)24-20(29)21-25-17-9-10-28(3)14-19(17)33-21/h16-17,19H,5-15H2,1-4H3,(H,26,31)(H,28,33);16-17,19H,7-15H2,1-6H3,(H,26,31)(H,28,33);15-16,18H,7-14H2,1-6H3,(H,24,29)(H,26,31)/t2*16-,17-,19+;15-,16-,18+/m000/s1. The van der Waals surface area contributed by atoms with E-state index in [1.54, 1.807) is 57.0 Å². The molecule has 31 heteroatoms. The number of nitrogens with zero attached hydrogens (tertiary/aromatic N) is 9. The second-order valence-electron chi connectivity index (χ2n) is 32.4. The second kappa shape index (κ2) is 37.4. The Morgan fingerprint density at radius 1 is 0.519 bits per heavy atom. The van der Waals surface area contributed by atoms with Crippen LogP contribution in [-0.4, -0.2) is 243 Å². The van der Waals surface area contributed by atoms with Crippen LogP contribution >= 0.6 is 34.0 Å². The summed E-state index contributed by atoms with van der Waals surface area (Å²) < 4.78 is 17.0. The molecule has 7 aliphatic rings. The number of ether oxygens (including phenoxy) is 3. The third kappa shape index (κ3) is 24.3. The van der Waals surface area contributed by atoms with E-state index in [4.69, 9.17) is 14.2 Å². The fourth-order valence-electron chi connectivity index (χ4n) is 14.8. The van der Waals surface area contributed by atoms with Gasteiger partial charge in [0.05, 0.1) is 59.9 Å². The molecule has 6 N–H and O–H groups in total. The molecule has 580 valence electrons. The van der Waals surface area contributed by atoms with Crippen molar-refractivity contribution in [2.75, 3.05) is 89.7 Å². The highest BCUT2D eigenvalue weighted by atomic mass is 32.1. The van der Waals surface area contributed by atoms with Crippen LogP contribution in [0.4, 0.5) is 14.4 Å². The van der Waals surface area contributed by atoms with E-state index < -0.39 is 37.6 Å². The number of likely N-dealkylation sites (N-methyl/N-ethyl adjacent to an activating group) is 3. The number of nitrogens with one attached hydrogen (secondary N) is 6. The summed E-state index contributed by atoms with van der Waals surface area (Å²) in [5, 5.41) is 19.5. The molecule has 4 fully saturated rings. The predicted molar refractivity (Wildman–Crippen MR) is 407 cm³/mol. The van der Waals surface area contributed by atoms with Crippen LogP contribution < -0.4 is 31.9 Å². The van der Waals surface area contributed by atoms with E-state index in [1.165, 1.54) is 40.4 Å². The maximum Gasteiger partial charge on any atom is 0.407 e. The summed E-state index contributed by atoms with van der Waals surface area (Å²) >= 11 is 4.29. The third-order valence-electron chi connectivity index (χ3n) is 21.0. The molecule has 3 aromatic heterocycles. The van der Waals surface area contributed by atoms with Crippen molar-refractivity contribution in [2.45, 2.75) is 249 Å². The number of thiazole rings is 3. The zero-order valence-corrected chi connectivity index (χ0v) is 68.1. The highest BCUT2D eigenvalue weighted by molar-refractivity contribution is 7.14. The molecule has 3 aromatic rings. The molecule has 0 bridgehead atoms. The zero-order chi connectivity index (χ0) is 76.0. The average molecular weight is 1520 g/mol. The molecule has 9 atom stereocenters. The summed E-state index contributed by atoms with van der Waals surface area (Å²) in [7, 11) is 15.4. The minimum absolute atomic E-state index is 0.0405. The first-order valence-electron chi connectivity index (χ1n) is 37.5. The fourth-order valence-corrected chi connectivity index (χ4v) is 18.8. The maximum atomic E-state index is 13.2. The Balaban J connectivity index is 0.000000197. The van der Waals surface area contributed by atoms with Gasteiger partial charge in [-0.05, 0) is 144 Å². The average Bonchev–Trinajstić information content (AvgIpc) is 1.57. The molecule has 0 radical (unpaired) electrons. The molecule has 0 saturated heterocycles. The summed E-state index contributed by atoms with van der Waals surface area (Å²) in [6, 6.07) is -1.15. The lowest BCUT2D eigenvalue weighted by Crippen LogP contribution is -2.56. The number of aromatic nitrogens is 3. The van der Waals surface area contributed by atoms with E-state index in [9.17, 15) is 43.2 Å². The third-order valence-corrected chi connectivity index (χ3v) is 25.9. The second-order valence-corrected chi connectivity index (χ2v) is 41.3. The topological polar surface area (TPSA) is 312 Å². The Kier molecular flexibility index (Phi) is 30.0. The van der Waals surface area contributed by atoms with Crippen molar-refractivity contribution in [3.05, 3.63) is 46.7 Å². The van der Waals surface area contributed by atoms with Gasteiger partial charge in [0.1, 0.15) is 11.2 Å². The molecule has 6 heterocycles. The molecule has 4 aliphatic carbocycles. The minimum atomic E-state index is -1.30. The number of rotatable bonds is 20. The Morgan fingerprint density at radius 2 is 0.875 bits per heavy atom. The minimum Gasteiger partial charge on any atom is -0.450 e. The predicted octanol–water partition coefficient (Wildman–Crippen LogP) is 8.67. The van der Waals surface area contributed by atoms with Crippen LogP contribution in [-0.2, 0) is 67.5 Å². The number of carbonyl (C=O) groups is 9. The number of hydrogen-bond acceptors (Lipinski definition) is 21. The summed E-state index contributed by atoms with van der Waals surface area (Å²) in [6.07, 6.45) is 14.1. The van der Waals surface area contributed by atoms with E-state index >= 15 is 0 Å². The van der Waals surface area contributed by atoms with Crippen LogP contribution in [0, 0.1) is 17.8 Å². The van der Waals surface area contributed by atoms with Crippen LogP contribution in [0.1, 0.15) is 198 Å². The van der Waals surface area contributed by atoms with Crippen LogP contribution in [0.25, 0.3) is 0 Å². The normalized spacial score (nSPS) is 24.1. The molecule has 0 spiro atoms. The molecule has 0 unspecified atom stereocenters. The van der Waals surface area contributed by atoms with Crippen LogP contribution in [0.3, 0.4) is 0 Å². The van der Waals surface area contributed by atoms with Gasteiger partial charge in [0, 0.05) is 141 Å². The lowest BCUT2D eigenvalue weighted by atomic mass is 9.81. The lowest BCUT2D eigenvalue weighted by molar-refractivity contribution is -0.135. The van der Waals surface area contributed by atoms with Crippen molar-refractivity contribution >= 4 is 95.8 Å². The molecule has 0 aromatic carbocycles. The first kappa shape index (κ1) is 83.3. The van der Waals surface area contributed by atoms with Gasteiger partial charge in [-0.1, -0.05) is 39.4 Å². The van der Waals surface area contributed by atoms with E-state index in [0.717, 1.165) is 141 Å². The smallest absolute Gasteiger partial charge is 0.407 e. The molecular weight excluding hydrogens is 1400 g/mol. The molecule has 10 rings (SSSR count). The fraction of sp³-hybridized carbons (Fsp3) is 0.753. The van der Waals surface area contributed by atoms with Gasteiger partial charge < -0.3 is 75.5 Å². The van der Waals surface area contributed by atoms with Crippen molar-refractivity contribution in [1.82, 2.24) is 76.3 Å². The van der Waals surface area contributed by atoms with Crippen molar-refractivity contribution in [1.29, 1.82) is 0 Å². The van der Waals surface area contributed by atoms with Crippen molar-refractivity contribution in [2.24, 2.45) is 17.8 Å². The lowest BCUT2D eigenvalue weighted by Gasteiger charge is -2.38. The van der Waals surface area contributed by atoms with Gasteiger partial charge in [-0.3, -0.25) is 28.8 Å². The highest BCUT2D eigenvalue weighted by Gasteiger charge is 2.42. The van der Waals surface area contributed by atoms with Crippen molar-refractivity contribution < 1.29 is 57.4 Å². The van der Waals surface area contributed by atoms with Crippen molar-refractivity contribution in [3.8, 4) is 0 Å². The van der Waals surface area contributed by atoms with Gasteiger partial charge >= 0.3 is 18.3 Å². The number of unbranched alkanes of at least 4 members (excludes halogenated alkanes) is 1. The summed E-state index contributed by atoms with van der Waals surface area (Å²) in [5.74, 6) is -1.20. The Morgan fingerprint density at radius 3 is 1.22 bits per heavy atom. The van der Waals surface area contributed by atoms with E-state index in [0.29, 0.717) is 79.4 Å². The number of hydrogen-bond donors (Lipinski definition) is 6.